The van der Waals surface area contributed by atoms with Gasteiger partial charge in [0.1, 0.15) is 0 Å². The highest BCUT2D eigenvalue weighted by atomic mass is 14.9. The molecular weight excluding hydrogens is 232 g/mol. The van der Waals surface area contributed by atoms with E-state index in [2.05, 4.69) is 48.0 Å². The van der Waals surface area contributed by atoms with Gasteiger partial charge in [0.05, 0.1) is 11.6 Å². The summed E-state index contributed by atoms with van der Waals surface area (Å²) in [5.41, 5.74) is 4.44. The van der Waals surface area contributed by atoms with E-state index in [1.54, 1.807) is 0 Å². The fraction of sp³-hybridized carbons (Fsp3) is 0.118. The van der Waals surface area contributed by atoms with Crippen LogP contribution in [0.15, 0.2) is 54.7 Å². The van der Waals surface area contributed by atoms with Gasteiger partial charge in [-0.2, -0.15) is 5.26 Å². The average molecular weight is 246 g/mol. The summed E-state index contributed by atoms with van der Waals surface area (Å²) >= 11 is 0. The molecule has 0 N–H and O–H groups in total. The van der Waals surface area contributed by atoms with E-state index in [1.165, 1.54) is 22.0 Å². The molecule has 0 spiro atoms. The Hall–Kier alpha value is -2.53. The van der Waals surface area contributed by atoms with Gasteiger partial charge in [-0.15, -0.1) is 0 Å². The van der Waals surface area contributed by atoms with Crippen molar-refractivity contribution in [3.8, 4) is 6.07 Å². The highest BCUT2D eigenvalue weighted by Crippen LogP contribution is 2.18. The molecule has 92 valence electrons. The Labute approximate surface area is 112 Å². The lowest BCUT2D eigenvalue weighted by Gasteiger charge is -2.06. The van der Waals surface area contributed by atoms with Crippen molar-refractivity contribution in [1.29, 1.82) is 5.26 Å². The first kappa shape index (κ1) is 11.6. The second-order valence-electron chi connectivity index (χ2n) is 4.81. The van der Waals surface area contributed by atoms with Gasteiger partial charge in [0, 0.05) is 18.3 Å². The standard InChI is InChI=1S/C17H14N2/c1-13-2-7-17-16(10-13)8-9-19(17)12-15-5-3-14(11-18)4-6-15/h2-10H,12H2,1H3. The zero-order valence-electron chi connectivity index (χ0n) is 10.8. The molecule has 0 bridgehead atoms. The van der Waals surface area contributed by atoms with Crippen LogP contribution in [0.25, 0.3) is 10.9 Å². The Morgan fingerprint density at radius 1 is 1.05 bits per heavy atom. The molecule has 0 amide bonds. The van der Waals surface area contributed by atoms with Crippen molar-refractivity contribution in [3.05, 3.63) is 71.4 Å². The minimum absolute atomic E-state index is 0.705. The van der Waals surface area contributed by atoms with Gasteiger partial charge in [-0.05, 0) is 48.2 Å². The molecule has 0 aliphatic heterocycles. The molecule has 0 fully saturated rings. The summed E-state index contributed by atoms with van der Waals surface area (Å²) in [7, 11) is 0. The Kier molecular flexibility index (Phi) is 2.81. The summed E-state index contributed by atoms with van der Waals surface area (Å²) < 4.78 is 2.23. The quantitative estimate of drug-likeness (QED) is 0.674. The normalized spacial score (nSPS) is 10.5. The molecule has 2 aromatic carbocycles. The van der Waals surface area contributed by atoms with Crippen molar-refractivity contribution >= 4 is 10.9 Å². The monoisotopic (exact) mass is 246 g/mol. The first-order valence-electron chi connectivity index (χ1n) is 6.31. The number of rotatable bonds is 2. The largest absolute Gasteiger partial charge is 0.343 e. The van der Waals surface area contributed by atoms with Gasteiger partial charge >= 0.3 is 0 Å². The maximum atomic E-state index is 8.80. The van der Waals surface area contributed by atoms with Crippen molar-refractivity contribution in [2.45, 2.75) is 13.5 Å². The number of benzene rings is 2. The number of nitriles is 1. The Balaban J connectivity index is 1.94. The molecule has 2 heteroatoms. The predicted molar refractivity (Wildman–Crippen MR) is 76.9 cm³/mol. The highest BCUT2D eigenvalue weighted by Gasteiger charge is 2.02. The van der Waals surface area contributed by atoms with Gasteiger partial charge in [-0.3, -0.25) is 0 Å². The predicted octanol–water partition coefficient (Wildman–Crippen LogP) is 3.87. The number of aryl methyl sites for hydroxylation is 1. The molecule has 0 aliphatic carbocycles. The van der Waals surface area contributed by atoms with Gasteiger partial charge in [0.25, 0.3) is 0 Å². The molecule has 3 aromatic rings. The van der Waals surface area contributed by atoms with E-state index in [-0.39, 0.29) is 0 Å². The minimum atomic E-state index is 0.705. The van der Waals surface area contributed by atoms with Crippen LogP contribution >= 0.6 is 0 Å². The first-order valence-corrected chi connectivity index (χ1v) is 6.31. The van der Waals surface area contributed by atoms with E-state index < -0.39 is 0 Å². The maximum absolute atomic E-state index is 8.80. The zero-order valence-corrected chi connectivity index (χ0v) is 10.8. The van der Waals surface area contributed by atoms with E-state index in [4.69, 9.17) is 5.26 Å². The zero-order chi connectivity index (χ0) is 13.2. The van der Waals surface area contributed by atoms with Crippen molar-refractivity contribution in [3.63, 3.8) is 0 Å². The average Bonchev–Trinajstić information content (AvgIpc) is 2.82. The van der Waals surface area contributed by atoms with Gasteiger partial charge in [0.2, 0.25) is 0 Å². The molecule has 19 heavy (non-hydrogen) atoms. The van der Waals surface area contributed by atoms with Crippen LogP contribution < -0.4 is 0 Å². The van der Waals surface area contributed by atoms with Crippen molar-refractivity contribution in [2.24, 2.45) is 0 Å². The molecule has 0 saturated carbocycles. The van der Waals surface area contributed by atoms with Crippen molar-refractivity contribution < 1.29 is 0 Å². The van der Waals surface area contributed by atoms with Gasteiger partial charge in [-0.25, -0.2) is 0 Å². The lowest BCUT2D eigenvalue weighted by atomic mass is 10.1. The molecule has 0 aliphatic rings. The number of hydrogen-bond acceptors (Lipinski definition) is 1. The smallest absolute Gasteiger partial charge is 0.0991 e. The van der Waals surface area contributed by atoms with Gasteiger partial charge < -0.3 is 4.57 Å². The molecule has 2 nitrogen and oxygen atoms in total. The SMILES string of the molecule is Cc1ccc2c(ccn2Cc2ccc(C#N)cc2)c1. The van der Waals surface area contributed by atoms with Crippen LogP contribution in [0.4, 0.5) is 0 Å². The highest BCUT2D eigenvalue weighted by molar-refractivity contribution is 5.80. The third kappa shape index (κ3) is 2.23. The molecule has 1 aromatic heterocycles. The summed E-state index contributed by atoms with van der Waals surface area (Å²) in [5, 5.41) is 10.1. The van der Waals surface area contributed by atoms with E-state index in [0.717, 1.165) is 6.54 Å². The van der Waals surface area contributed by atoms with Gasteiger partial charge in [0.15, 0.2) is 0 Å². The van der Waals surface area contributed by atoms with Crippen molar-refractivity contribution in [1.82, 2.24) is 4.57 Å². The van der Waals surface area contributed by atoms with Crippen LogP contribution in [0.2, 0.25) is 0 Å². The Morgan fingerprint density at radius 2 is 1.84 bits per heavy atom. The number of nitrogens with zero attached hydrogens (tertiary/aromatic N) is 2. The summed E-state index contributed by atoms with van der Waals surface area (Å²) in [4.78, 5) is 0. The lowest BCUT2D eigenvalue weighted by Crippen LogP contribution is -1.97. The molecule has 0 unspecified atom stereocenters. The number of aromatic nitrogens is 1. The third-order valence-electron chi connectivity index (χ3n) is 3.36. The minimum Gasteiger partial charge on any atom is -0.343 e. The molecule has 0 saturated heterocycles. The van der Waals surface area contributed by atoms with Crippen LogP contribution in [0, 0.1) is 18.3 Å². The Bertz CT molecular complexity index is 758. The molecular formula is C17H14N2. The maximum Gasteiger partial charge on any atom is 0.0991 e. The molecule has 0 radical (unpaired) electrons. The van der Waals surface area contributed by atoms with Crippen LogP contribution in [0.5, 0.6) is 0 Å². The second-order valence-corrected chi connectivity index (χ2v) is 4.81. The van der Waals surface area contributed by atoms with Crippen LogP contribution in [0.1, 0.15) is 16.7 Å². The number of fused-ring (bicyclic) bond motifs is 1. The third-order valence-corrected chi connectivity index (χ3v) is 3.36. The summed E-state index contributed by atoms with van der Waals surface area (Å²) in [6.07, 6.45) is 2.11. The number of hydrogen-bond donors (Lipinski definition) is 0. The lowest BCUT2D eigenvalue weighted by molar-refractivity contribution is 0.837. The fourth-order valence-corrected chi connectivity index (χ4v) is 2.34. The summed E-state index contributed by atoms with van der Waals surface area (Å²) in [6, 6.07) is 18.5. The summed E-state index contributed by atoms with van der Waals surface area (Å²) in [5.74, 6) is 0. The van der Waals surface area contributed by atoms with E-state index in [9.17, 15) is 0 Å². The fourth-order valence-electron chi connectivity index (χ4n) is 2.34. The van der Waals surface area contributed by atoms with Crippen LogP contribution in [0.3, 0.4) is 0 Å². The second kappa shape index (κ2) is 4.62. The van der Waals surface area contributed by atoms with Crippen molar-refractivity contribution in [2.75, 3.05) is 0 Å². The molecule has 0 atom stereocenters. The van der Waals surface area contributed by atoms with Crippen LogP contribution in [-0.2, 0) is 6.54 Å². The molecule has 1 heterocycles. The van der Waals surface area contributed by atoms with E-state index in [1.807, 2.05) is 24.3 Å². The summed E-state index contributed by atoms with van der Waals surface area (Å²) in [6.45, 7) is 2.94. The van der Waals surface area contributed by atoms with E-state index >= 15 is 0 Å². The molecule has 3 rings (SSSR count). The topological polar surface area (TPSA) is 28.7 Å². The first-order chi connectivity index (χ1) is 9.26. The van der Waals surface area contributed by atoms with Gasteiger partial charge in [-0.1, -0.05) is 23.8 Å². The van der Waals surface area contributed by atoms with E-state index in [0.29, 0.717) is 5.56 Å². The Morgan fingerprint density at radius 3 is 2.58 bits per heavy atom. The van der Waals surface area contributed by atoms with Crippen LogP contribution in [-0.4, -0.2) is 4.57 Å².